The van der Waals surface area contributed by atoms with Crippen molar-refractivity contribution in [1.29, 1.82) is 0 Å². The van der Waals surface area contributed by atoms with Crippen LogP contribution < -0.4 is 5.32 Å². The second kappa shape index (κ2) is 6.00. The molecule has 1 atom stereocenters. The molecule has 3 aromatic heterocycles. The van der Waals surface area contributed by atoms with Gasteiger partial charge in [-0.15, -0.1) is 0 Å². The van der Waals surface area contributed by atoms with Gasteiger partial charge in [-0.1, -0.05) is 0 Å². The summed E-state index contributed by atoms with van der Waals surface area (Å²) in [6, 6.07) is 1.82. The number of aryl methyl sites for hydroxylation is 3. The number of nitrogens with one attached hydrogen (secondary N) is 1. The zero-order valence-corrected chi connectivity index (χ0v) is 14.9. The minimum absolute atomic E-state index is 0.123. The normalized spacial score (nSPS) is 13.8. The fourth-order valence-electron chi connectivity index (χ4n) is 3.12. The average molecular weight is 343 g/mol. The molecule has 3 rings (SSSR count). The van der Waals surface area contributed by atoms with Gasteiger partial charge < -0.3 is 19.3 Å². The Morgan fingerprint density at radius 3 is 2.56 bits per heavy atom. The second-order valence-electron chi connectivity index (χ2n) is 6.45. The molecule has 3 heterocycles. The lowest BCUT2D eigenvalue weighted by atomic mass is 9.96. The summed E-state index contributed by atoms with van der Waals surface area (Å²) in [5, 5.41) is 14.5. The van der Waals surface area contributed by atoms with Crippen LogP contribution in [0.25, 0.3) is 11.1 Å². The Labute approximate surface area is 145 Å². The summed E-state index contributed by atoms with van der Waals surface area (Å²) in [5.41, 5.74) is 0.329. The molecule has 3 aromatic rings. The molecule has 0 saturated heterocycles. The van der Waals surface area contributed by atoms with Crippen molar-refractivity contribution >= 4 is 22.7 Å². The Bertz CT molecular complexity index is 953. The molecule has 0 aromatic carbocycles. The molecule has 0 radical (unpaired) electrons. The van der Waals surface area contributed by atoms with E-state index >= 15 is 0 Å². The smallest absolute Gasteiger partial charge is 0.232 e. The van der Waals surface area contributed by atoms with Crippen molar-refractivity contribution in [2.45, 2.75) is 40.2 Å². The lowest BCUT2D eigenvalue weighted by molar-refractivity contribution is 0.0699. The lowest BCUT2D eigenvalue weighted by Crippen LogP contribution is -2.31. The fraction of sp³-hybridized carbons (Fsp3) is 0.389. The Morgan fingerprint density at radius 2 is 1.96 bits per heavy atom. The summed E-state index contributed by atoms with van der Waals surface area (Å²) >= 11 is 0. The number of anilines is 1. The van der Waals surface area contributed by atoms with Gasteiger partial charge in [-0.2, -0.15) is 0 Å². The maximum Gasteiger partial charge on any atom is 0.232 e. The van der Waals surface area contributed by atoms with Gasteiger partial charge in [0, 0.05) is 12.1 Å². The molecule has 25 heavy (non-hydrogen) atoms. The monoisotopic (exact) mass is 343 g/mol. The van der Waals surface area contributed by atoms with Crippen LogP contribution in [0.4, 0.5) is 5.82 Å². The van der Waals surface area contributed by atoms with Gasteiger partial charge in [0.05, 0.1) is 10.9 Å². The number of nitrogens with zero attached hydrogens (tertiary/aromatic N) is 2. The number of ketones is 1. The van der Waals surface area contributed by atoms with Crippen molar-refractivity contribution in [2.75, 3.05) is 11.9 Å². The van der Waals surface area contributed by atoms with E-state index in [0.717, 1.165) is 5.76 Å². The molecule has 0 amide bonds. The van der Waals surface area contributed by atoms with Crippen LogP contribution in [-0.2, 0) is 5.60 Å². The van der Waals surface area contributed by atoms with Gasteiger partial charge in [0.1, 0.15) is 35.0 Å². The Kier molecular flexibility index (Phi) is 4.12. The molecule has 7 nitrogen and oxygen atoms in total. The first-order valence-corrected chi connectivity index (χ1v) is 7.99. The van der Waals surface area contributed by atoms with Crippen LogP contribution in [0.2, 0.25) is 0 Å². The van der Waals surface area contributed by atoms with Crippen LogP contribution in [-0.4, -0.2) is 27.4 Å². The number of furan rings is 2. The highest BCUT2D eigenvalue weighted by Crippen LogP contribution is 2.31. The van der Waals surface area contributed by atoms with Crippen molar-refractivity contribution in [3.63, 3.8) is 0 Å². The summed E-state index contributed by atoms with van der Waals surface area (Å²) in [4.78, 5) is 20.3. The van der Waals surface area contributed by atoms with Gasteiger partial charge in [0.15, 0.2) is 5.78 Å². The molecule has 0 fully saturated rings. The number of Topliss-reactive ketones (excluding diaryl/α,β-unsaturated/α-hetero) is 1. The third kappa shape index (κ3) is 3.02. The SMILES string of the molecule is CC(=O)c1c(C)oc2ncnc(NCC(C)(O)c3cc(C)oc3C)c12. The van der Waals surface area contributed by atoms with E-state index in [4.69, 9.17) is 8.83 Å². The van der Waals surface area contributed by atoms with E-state index in [-0.39, 0.29) is 12.3 Å². The first-order valence-electron chi connectivity index (χ1n) is 7.99. The number of hydrogen-bond acceptors (Lipinski definition) is 7. The van der Waals surface area contributed by atoms with E-state index in [2.05, 4.69) is 15.3 Å². The van der Waals surface area contributed by atoms with Crippen LogP contribution in [0.15, 0.2) is 21.2 Å². The standard InChI is InChI=1S/C18H21N3O4/c1-9-6-13(11(3)24-9)18(5,23)7-19-16-15-14(10(2)22)12(4)25-17(15)21-8-20-16/h6,8,23H,7H2,1-5H3,(H,19,20,21). The van der Waals surface area contributed by atoms with Crippen molar-refractivity contribution in [3.8, 4) is 0 Å². The number of aromatic nitrogens is 2. The topological polar surface area (TPSA) is 101 Å². The molecular formula is C18H21N3O4. The predicted octanol–water partition coefficient (Wildman–Crippen LogP) is 3.26. The number of carbonyl (C=O) groups excluding carboxylic acids is 1. The summed E-state index contributed by atoms with van der Waals surface area (Å²) in [6.07, 6.45) is 1.36. The Hall–Kier alpha value is -2.67. The van der Waals surface area contributed by atoms with Crippen LogP contribution >= 0.6 is 0 Å². The van der Waals surface area contributed by atoms with Crippen LogP contribution in [0, 0.1) is 20.8 Å². The van der Waals surface area contributed by atoms with E-state index in [1.54, 1.807) is 13.8 Å². The first kappa shape index (κ1) is 17.2. The van der Waals surface area contributed by atoms with E-state index in [0.29, 0.717) is 39.6 Å². The van der Waals surface area contributed by atoms with E-state index in [1.807, 2.05) is 19.9 Å². The van der Waals surface area contributed by atoms with Crippen molar-refractivity contribution in [3.05, 3.63) is 40.8 Å². The predicted molar refractivity (Wildman–Crippen MR) is 92.8 cm³/mol. The summed E-state index contributed by atoms with van der Waals surface area (Å²) in [6.45, 7) is 8.72. The molecule has 0 bridgehead atoms. The molecule has 0 aliphatic rings. The Balaban J connectivity index is 1.96. The molecule has 1 unspecified atom stereocenters. The molecular weight excluding hydrogens is 322 g/mol. The van der Waals surface area contributed by atoms with Gasteiger partial charge >= 0.3 is 0 Å². The number of hydrogen-bond donors (Lipinski definition) is 2. The van der Waals surface area contributed by atoms with Crippen molar-refractivity contribution in [1.82, 2.24) is 9.97 Å². The zero-order chi connectivity index (χ0) is 18.4. The van der Waals surface area contributed by atoms with Crippen LogP contribution in [0.5, 0.6) is 0 Å². The van der Waals surface area contributed by atoms with Gasteiger partial charge in [0.2, 0.25) is 5.71 Å². The lowest BCUT2D eigenvalue weighted by Gasteiger charge is -2.23. The quantitative estimate of drug-likeness (QED) is 0.686. The molecule has 0 aliphatic heterocycles. The number of aliphatic hydroxyl groups is 1. The van der Waals surface area contributed by atoms with Gasteiger partial charge in [-0.3, -0.25) is 4.79 Å². The molecule has 0 aliphatic carbocycles. The van der Waals surface area contributed by atoms with Gasteiger partial charge in [0.25, 0.3) is 0 Å². The van der Waals surface area contributed by atoms with Crippen molar-refractivity contribution in [2.24, 2.45) is 0 Å². The van der Waals surface area contributed by atoms with Gasteiger partial charge in [-0.05, 0) is 40.7 Å². The number of rotatable bonds is 5. The highest BCUT2D eigenvalue weighted by molar-refractivity contribution is 6.09. The van der Waals surface area contributed by atoms with E-state index in [9.17, 15) is 9.90 Å². The highest BCUT2D eigenvalue weighted by atomic mass is 16.3. The molecule has 132 valence electrons. The minimum atomic E-state index is -1.17. The summed E-state index contributed by atoms with van der Waals surface area (Å²) in [7, 11) is 0. The largest absolute Gasteiger partial charge is 0.466 e. The van der Waals surface area contributed by atoms with E-state index < -0.39 is 5.60 Å². The van der Waals surface area contributed by atoms with Crippen LogP contribution in [0.3, 0.4) is 0 Å². The second-order valence-corrected chi connectivity index (χ2v) is 6.45. The summed E-state index contributed by atoms with van der Waals surface area (Å²) < 4.78 is 11.1. The maximum absolute atomic E-state index is 12.0. The molecule has 2 N–H and O–H groups in total. The van der Waals surface area contributed by atoms with Crippen molar-refractivity contribution < 1.29 is 18.7 Å². The molecule has 0 spiro atoms. The zero-order valence-electron chi connectivity index (χ0n) is 14.9. The number of fused-ring (bicyclic) bond motifs is 1. The average Bonchev–Trinajstić information content (AvgIpc) is 3.04. The molecule has 7 heteroatoms. The van der Waals surface area contributed by atoms with E-state index in [1.165, 1.54) is 13.3 Å². The third-order valence-corrected chi connectivity index (χ3v) is 4.24. The first-order chi connectivity index (χ1) is 11.7. The van der Waals surface area contributed by atoms with Gasteiger partial charge in [-0.25, -0.2) is 9.97 Å². The van der Waals surface area contributed by atoms with Crippen LogP contribution in [0.1, 0.15) is 47.0 Å². The molecule has 0 saturated carbocycles. The highest BCUT2D eigenvalue weighted by Gasteiger charge is 2.28. The third-order valence-electron chi connectivity index (χ3n) is 4.24. The Morgan fingerprint density at radius 1 is 1.24 bits per heavy atom. The fourth-order valence-corrected chi connectivity index (χ4v) is 3.12. The maximum atomic E-state index is 12.0. The summed E-state index contributed by atoms with van der Waals surface area (Å²) in [5.74, 6) is 2.23. The number of carbonyl (C=O) groups is 1. The minimum Gasteiger partial charge on any atom is -0.466 e.